The Morgan fingerprint density at radius 1 is 1.05 bits per heavy atom. The fraction of sp³-hybridized carbons (Fsp3) is 0.235. The molecular formula is C17H15Cl2NO2. The number of hydrogen-bond acceptors (Lipinski definition) is 2. The van der Waals surface area contributed by atoms with Crippen LogP contribution in [0.4, 0.5) is 5.69 Å². The Kier molecular flexibility index (Phi) is 4.27. The molecule has 0 aliphatic carbocycles. The average Bonchev–Trinajstić information content (AvgIpc) is 2.81. The lowest BCUT2D eigenvalue weighted by Crippen LogP contribution is -2.31. The molecule has 1 saturated heterocycles. The Morgan fingerprint density at radius 3 is 2.32 bits per heavy atom. The number of benzene rings is 2. The summed E-state index contributed by atoms with van der Waals surface area (Å²) in [7, 11) is 0. The van der Waals surface area contributed by atoms with Crippen molar-refractivity contribution in [3.05, 3.63) is 60.2 Å². The standard InChI is InChI=1S/C17H15Cl2NO2/c18-17(19)10-11-20(16(17)21)14-6-8-15(9-7-14)22-12-13-4-2-1-3-5-13/h1-9H,10-12H2. The minimum absolute atomic E-state index is 0.270. The van der Waals surface area contributed by atoms with E-state index in [-0.39, 0.29) is 5.91 Å². The lowest BCUT2D eigenvalue weighted by Gasteiger charge is -2.17. The van der Waals surface area contributed by atoms with Gasteiger partial charge in [0.2, 0.25) is 0 Å². The highest BCUT2D eigenvalue weighted by Crippen LogP contribution is 2.36. The largest absolute Gasteiger partial charge is 0.489 e. The molecule has 1 aliphatic heterocycles. The molecule has 0 aromatic heterocycles. The van der Waals surface area contributed by atoms with E-state index in [9.17, 15) is 4.79 Å². The second-order valence-electron chi connectivity index (χ2n) is 5.18. The van der Waals surface area contributed by atoms with Gasteiger partial charge in [0, 0.05) is 18.7 Å². The zero-order chi connectivity index (χ0) is 15.6. The van der Waals surface area contributed by atoms with Gasteiger partial charge in [-0.25, -0.2) is 0 Å². The number of alkyl halides is 2. The van der Waals surface area contributed by atoms with Gasteiger partial charge in [-0.3, -0.25) is 4.79 Å². The van der Waals surface area contributed by atoms with Crippen LogP contribution in [0.2, 0.25) is 0 Å². The fourth-order valence-corrected chi connectivity index (χ4v) is 2.74. The molecule has 1 heterocycles. The summed E-state index contributed by atoms with van der Waals surface area (Å²) in [5.41, 5.74) is 1.88. The SMILES string of the molecule is O=C1N(c2ccc(OCc3ccccc3)cc2)CCC1(Cl)Cl. The third-order valence-corrected chi connectivity index (χ3v) is 4.31. The highest BCUT2D eigenvalue weighted by Gasteiger charge is 2.44. The fourth-order valence-electron chi connectivity index (χ4n) is 2.37. The summed E-state index contributed by atoms with van der Waals surface area (Å²) in [4.78, 5) is 13.7. The van der Waals surface area contributed by atoms with Gasteiger partial charge < -0.3 is 9.64 Å². The molecule has 3 nitrogen and oxygen atoms in total. The maximum atomic E-state index is 12.1. The summed E-state index contributed by atoms with van der Waals surface area (Å²) < 4.78 is 4.42. The number of halogens is 2. The molecule has 0 spiro atoms. The van der Waals surface area contributed by atoms with Crippen LogP contribution in [-0.4, -0.2) is 16.8 Å². The van der Waals surface area contributed by atoms with Gasteiger partial charge in [-0.2, -0.15) is 0 Å². The van der Waals surface area contributed by atoms with Crippen molar-refractivity contribution in [1.29, 1.82) is 0 Å². The summed E-state index contributed by atoms with van der Waals surface area (Å²) >= 11 is 11.9. The Morgan fingerprint density at radius 2 is 1.73 bits per heavy atom. The van der Waals surface area contributed by atoms with Gasteiger partial charge >= 0.3 is 0 Å². The van der Waals surface area contributed by atoms with Crippen LogP contribution in [-0.2, 0) is 11.4 Å². The normalized spacial score (nSPS) is 16.8. The molecule has 1 aliphatic rings. The third-order valence-electron chi connectivity index (χ3n) is 3.60. The van der Waals surface area contributed by atoms with Crippen LogP contribution in [0.1, 0.15) is 12.0 Å². The highest BCUT2D eigenvalue weighted by atomic mass is 35.5. The minimum atomic E-state index is -1.30. The van der Waals surface area contributed by atoms with Gasteiger partial charge in [0.05, 0.1) is 0 Å². The lowest BCUT2D eigenvalue weighted by molar-refractivity contribution is -0.117. The predicted octanol–water partition coefficient (Wildman–Crippen LogP) is 4.18. The van der Waals surface area contributed by atoms with Gasteiger partial charge in [0.1, 0.15) is 12.4 Å². The second-order valence-corrected chi connectivity index (χ2v) is 6.66. The van der Waals surface area contributed by atoms with Crippen molar-refractivity contribution in [2.75, 3.05) is 11.4 Å². The van der Waals surface area contributed by atoms with Gasteiger partial charge in [-0.15, -0.1) is 0 Å². The van der Waals surface area contributed by atoms with Crippen LogP contribution in [0.5, 0.6) is 5.75 Å². The first kappa shape index (κ1) is 15.2. The molecule has 0 unspecified atom stereocenters. The van der Waals surface area contributed by atoms with E-state index in [1.165, 1.54) is 0 Å². The van der Waals surface area contributed by atoms with Crippen molar-refractivity contribution in [3.8, 4) is 5.75 Å². The molecule has 22 heavy (non-hydrogen) atoms. The van der Waals surface area contributed by atoms with Crippen molar-refractivity contribution in [2.45, 2.75) is 17.4 Å². The van der Waals surface area contributed by atoms with Crippen molar-refractivity contribution >= 4 is 34.8 Å². The summed E-state index contributed by atoms with van der Waals surface area (Å²) in [6.45, 7) is 1.03. The topological polar surface area (TPSA) is 29.5 Å². The summed E-state index contributed by atoms with van der Waals surface area (Å²) in [5.74, 6) is 0.482. The van der Waals surface area contributed by atoms with E-state index in [1.807, 2.05) is 54.6 Å². The maximum Gasteiger partial charge on any atom is 0.263 e. The monoisotopic (exact) mass is 335 g/mol. The smallest absolute Gasteiger partial charge is 0.263 e. The number of nitrogens with zero attached hydrogens (tertiary/aromatic N) is 1. The van der Waals surface area contributed by atoms with Crippen LogP contribution in [0, 0.1) is 0 Å². The first-order valence-corrected chi connectivity index (χ1v) is 7.78. The molecule has 1 fully saturated rings. The quantitative estimate of drug-likeness (QED) is 0.784. The van der Waals surface area contributed by atoms with E-state index in [0.717, 1.165) is 17.0 Å². The molecule has 0 saturated carbocycles. The summed E-state index contributed by atoms with van der Waals surface area (Å²) in [6, 6.07) is 17.3. The molecule has 114 valence electrons. The first-order chi connectivity index (χ1) is 10.6. The van der Waals surface area contributed by atoms with E-state index in [2.05, 4.69) is 0 Å². The van der Waals surface area contributed by atoms with Gasteiger partial charge in [-0.1, -0.05) is 53.5 Å². The van der Waals surface area contributed by atoms with Crippen LogP contribution in [0.25, 0.3) is 0 Å². The lowest BCUT2D eigenvalue weighted by atomic mass is 10.2. The molecule has 0 N–H and O–H groups in total. The van der Waals surface area contributed by atoms with Crippen molar-refractivity contribution in [2.24, 2.45) is 0 Å². The molecule has 0 bridgehead atoms. The van der Waals surface area contributed by atoms with E-state index in [4.69, 9.17) is 27.9 Å². The van der Waals surface area contributed by atoms with Crippen molar-refractivity contribution in [3.63, 3.8) is 0 Å². The molecule has 2 aromatic carbocycles. The number of ether oxygens (including phenoxy) is 1. The van der Waals surface area contributed by atoms with Gasteiger partial charge in [-0.05, 0) is 29.8 Å². The molecule has 2 aromatic rings. The molecule has 1 amide bonds. The molecular weight excluding hydrogens is 321 g/mol. The summed E-state index contributed by atoms with van der Waals surface area (Å²) in [5, 5.41) is 0. The Hall–Kier alpha value is -1.71. The molecule has 0 radical (unpaired) electrons. The number of anilines is 1. The molecule has 5 heteroatoms. The molecule has 3 rings (SSSR count). The van der Waals surface area contributed by atoms with Crippen molar-refractivity contribution in [1.82, 2.24) is 0 Å². The predicted molar refractivity (Wildman–Crippen MR) is 88.6 cm³/mol. The zero-order valence-electron chi connectivity index (χ0n) is 11.8. The minimum Gasteiger partial charge on any atom is -0.489 e. The maximum absolute atomic E-state index is 12.1. The first-order valence-electron chi connectivity index (χ1n) is 7.03. The second kappa shape index (κ2) is 6.19. The number of carbonyl (C=O) groups excluding carboxylic acids is 1. The van der Waals surface area contributed by atoms with Crippen molar-refractivity contribution < 1.29 is 9.53 Å². The van der Waals surface area contributed by atoms with Crippen LogP contribution in [0.15, 0.2) is 54.6 Å². The highest BCUT2D eigenvalue weighted by molar-refractivity contribution is 6.59. The van der Waals surface area contributed by atoms with E-state index < -0.39 is 4.33 Å². The van der Waals surface area contributed by atoms with E-state index in [1.54, 1.807) is 4.90 Å². The molecule has 0 atom stereocenters. The van der Waals surface area contributed by atoms with Crippen LogP contribution >= 0.6 is 23.2 Å². The van der Waals surface area contributed by atoms with Gasteiger partial charge in [0.25, 0.3) is 5.91 Å². The van der Waals surface area contributed by atoms with E-state index in [0.29, 0.717) is 19.6 Å². The number of amides is 1. The van der Waals surface area contributed by atoms with Crippen LogP contribution < -0.4 is 9.64 Å². The number of rotatable bonds is 4. The van der Waals surface area contributed by atoms with E-state index >= 15 is 0 Å². The summed E-state index contributed by atoms with van der Waals surface area (Å²) in [6.07, 6.45) is 0.432. The van der Waals surface area contributed by atoms with Crippen LogP contribution in [0.3, 0.4) is 0 Å². The number of hydrogen-bond donors (Lipinski definition) is 0. The average molecular weight is 336 g/mol. The third kappa shape index (κ3) is 3.21. The Bertz CT molecular complexity index is 656. The number of carbonyl (C=O) groups is 1. The van der Waals surface area contributed by atoms with Gasteiger partial charge in [0.15, 0.2) is 4.33 Å². The Labute approximate surface area is 139 Å². The zero-order valence-corrected chi connectivity index (χ0v) is 13.3. The Balaban J connectivity index is 1.65.